The van der Waals surface area contributed by atoms with Gasteiger partial charge < -0.3 is 14.4 Å². The molecule has 0 aromatic carbocycles. The van der Waals surface area contributed by atoms with Gasteiger partial charge in [-0.15, -0.1) is 10.2 Å². The van der Waals surface area contributed by atoms with Crippen LogP contribution in [0.15, 0.2) is 5.16 Å². The number of rotatable bonds is 5. The Morgan fingerprint density at radius 2 is 2.26 bits per heavy atom. The number of aromatic nitrogens is 3. The van der Waals surface area contributed by atoms with E-state index in [0.717, 1.165) is 18.7 Å². The first-order chi connectivity index (χ1) is 8.99. The van der Waals surface area contributed by atoms with E-state index in [9.17, 15) is 4.79 Å². The van der Waals surface area contributed by atoms with E-state index in [1.54, 1.807) is 0 Å². The maximum absolute atomic E-state index is 10.7. The van der Waals surface area contributed by atoms with Crippen molar-refractivity contribution in [2.45, 2.75) is 57.0 Å². The van der Waals surface area contributed by atoms with Crippen molar-refractivity contribution in [2.24, 2.45) is 0 Å². The Bertz CT molecular complexity index is 461. The van der Waals surface area contributed by atoms with Crippen LogP contribution >= 0.6 is 11.8 Å². The van der Waals surface area contributed by atoms with Crippen molar-refractivity contribution in [3.05, 3.63) is 5.82 Å². The average Bonchev–Trinajstić information content (AvgIpc) is 2.91. The summed E-state index contributed by atoms with van der Waals surface area (Å²) in [6.45, 7) is 6.13. The van der Waals surface area contributed by atoms with Gasteiger partial charge in [-0.1, -0.05) is 11.8 Å². The molecule has 1 aromatic rings. The van der Waals surface area contributed by atoms with Crippen molar-refractivity contribution in [3.63, 3.8) is 0 Å². The second-order valence-corrected chi connectivity index (χ2v) is 5.94. The third-order valence-corrected chi connectivity index (χ3v) is 3.98. The van der Waals surface area contributed by atoms with E-state index in [2.05, 4.69) is 17.1 Å². The van der Waals surface area contributed by atoms with E-state index in [1.165, 1.54) is 11.8 Å². The van der Waals surface area contributed by atoms with Crippen molar-refractivity contribution < 1.29 is 14.6 Å². The lowest BCUT2D eigenvalue weighted by molar-refractivity contribution is -0.133. The molecule has 0 saturated carbocycles. The molecule has 1 aliphatic heterocycles. The van der Waals surface area contributed by atoms with Gasteiger partial charge in [0.05, 0.1) is 11.9 Å². The number of ether oxygens (including phenoxy) is 1. The van der Waals surface area contributed by atoms with E-state index in [4.69, 9.17) is 9.84 Å². The van der Waals surface area contributed by atoms with Crippen molar-refractivity contribution in [1.29, 1.82) is 0 Å². The molecule has 6 nitrogen and oxygen atoms in total. The van der Waals surface area contributed by atoms with Crippen LogP contribution in [0.1, 0.15) is 51.6 Å². The molecule has 0 spiro atoms. The van der Waals surface area contributed by atoms with Crippen LogP contribution in [0, 0.1) is 0 Å². The van der Waals surface area contributed by atoms with Crippen LogP contribution in [0.5, 0.6) is 0 Å². The summed E-state index contributed by atoms with van der Waals surface area (Å²) in [5, 5.41) is 17.7. The van der Waals surface area contributed by atoms with Gasteiger partial charge in [0.15, 0.2) is 11.0 Å². The molecule has 0 aliphatic carbocycles. The zero-order valence-corrected chi connectivity index (χ0v) is 12.2. The van der Waals surface area contributed by atoms with Gasteiger partial charge in [0.1, 0.15) is 6.10 Å². The maximum atomic E-state index is 10.7. The largest absolute Gasteiger partial charge is 0.481 e. The van der Waals surface area contributed by atoms with Gasteiger partial charge in [-0.2, -0.15) is 0 Å². The SMILES string of the molecule is CC1CCC(c2nnc(SCC(=O)O)n2C(C)C)O1. The summed E-state index contributed by atoms with van der Waals surface area (Å²) in [5.41, 5.74) is 0. The molecule has 1 N–H and O–H groups in total. The Morgan fingerprint density at radius 3 is 2.79 bits per heavy atom. The van der Waals surface area contributed by atoms with Gasteiger partial charge in [-0.25, -0.2) is 0 Å². The molecule has 1 aromatic heterocycles. The molecule has 19 heavy (non-hydrogen) atoms. The first-order valence-corrected chi connectivity index (χ1v) is 7.42. The summed E-state index contributed by atoms with van der Waals surface area (Å²) in [7, 11) is 0. The van der Waals surface area contributed by atoms with Crippen LogP contribution in [-0.2, 0) is 9.53 Å². The molecule has 7 heteroatoms. The Balaban J connectivity index is 2.21. The number of aliphatic carboxylic acids is 1. The lowest BCUT2D eigenvalue weighted by Crippen LogP contribution is -2.13. The zero-order chi connectivity index (χ0) is 14.0. The Labute approximate surface area is 116 Å². The number of hydrogen-bond donors (Lipinski definition) is 1. The van der Waals surface area contributed by atoms with Gasteiger partial charge in [0.25, 0.3) is 0 Å². The molecule has 2 heterocycles. The Kier molecular flexibility index (Phi) is 4.46. The van der Waals surface area contributed by atoms with Gasteiger partial charge in [-0.3, -0.25) is 4.79 Å². The standard InChI is InChI=1S/C12H19N3O3S/c1-7(2)15-11(9-5-4-8(3)18-9)13-14-12(15)19-6-10(16)17/h7-9H,4-6H2,1-3H3,(H,16,17). The third-order valence-electron chi connectivity index (χ3n) is 3.05. The summed E-state index contributed by atoms with van der Waals surface area (Å²) in [5.74, 6) is -0.0462. The predicted octanol–water partition coefficient (Wildman–Crippen LogP) is 2.28. The highest BCUT2D eigenvalue weighted by Crippen LogP contribution is 2.34. The van der Waals surface area contributed by atoms with Crippen LogP contribution in [0.3, 0.4) is 0 Å². The maximum Gasteiger partial charge on any atom is 0.313 e. The van der Waals surface area contributed by atoms with Gasteiger partial charge in [0.2, 0.25) is 0 Å². The fourth-order valence-corrected chi connectivity index (χ4v) is 3.01. The number of thioether (sulfide) groups is 1. The van der Waals surface area contributed by atoms with E-state index < -0.39 is 5.97 Å². The fraction of sp³-hybridized carbons (Fsp3) is 0.750. The van der Waals surface area contributed by atoms with Crippen LogP contribution in [0.2, 0.25) is 0 Å². The monoisotopic (exact) mass is 285 g/mol. The van der Waals surface area contributed by atoms with Crippen molar-refractivity contribution in [2.75, 3.05) is 5.75 Å². The minimum Gasteiger partial charge on any atom is -0.481 e. The molecule has 2 rings (SSSR count). The second kappa shape index (κ2) is 5.92. The van der Waals surface area contributed by atoms with Crippen LogP contribution in [0.25, 0.3) is 0 Å². The Morgan fingerprint density at radius 1 is 1.53 bits per heavy atom. The average molecular weight is 285 g/mol. The first kappa shape index (κ1) is 14.3. The van der Waals surface area contributed by atoms with E-state index in [1.807, 2.05) is 18.4 Å². The smallest absolute Gasteiger partial charge is 0.313 e. The molecule has 0 radical (unpaired) electrons. The summed E-state index contributed by atoms with van der Waals surface area (Å²) >= 11 is 1.20. The highest BCUT2D eigenvalue weighted by atomic mass is 32.2. The molecule has 1 aliphatic rings. The number of carboxylic acids is 1. The first-order valence-electron chi connectivity index (χ1n) is 6.44. The highest BCUT2D eigenvalue weighted by molar-refractivity contribution is 7.99. The molecule has 2 unspecified atom stereocenters. The molecule has 106 valence electrons. The molecule has 0 bridgehead atoms. The minimum absolute atomic E-state index is 0.00716. The lowest BCUT2D eigenvalue weighted by Gasteiger charge is -2.17. The van der Waals surface area contributed by atoms with E-state index >= 15 is 0 Å². The summed E-state index contributed by atoms with van der Waals surface area (Å²) in [6.07, 6.45) is 2.18. The minimum atomic E-state index is -0.851. The zero-order valence-electron chi connectivity index (χ0n) is 11.4. The molecule has 0 amide bonds. The molecule has 1 fully saturated rings. The van der Waals surface area contributed by atoms with E-state index in [-0.39, 0.29) is 24.0 Å². The van der Waals surface area contributed by atoms with Crippen molar-refractivity contribution in [3.8, 4) is 0 Å². The molecular formula is C12H19N3O3S. The summed E-state index contributed by atoms with van der Waals surface area (Å²) < 4.78 is 7.81. The van der Waals surface area contributed by atoms with E-state index in [0.29, 0.717) is 5.16 Å². The van der Waals surface area contributed by atoms with Gasteiger partial charge in [-0.05, 0) is 33.6 Å². The fourth-order valence-electron chi connectivity index (χ4n) is 2.21. The number of hydrogen-bond acceptors (Lipinski definition) is 5. The number of nitrogens with zero attached hydrogens (tertiary/aromatic N) is 3. The van der Waals surface area contributed by atoms with Crippen molar-refractivity contribution in [1.82, 2.24) is 14.8 Å². The molecule has 1 saturated heterocycles. The number of carbonyl (C=O) groups is 1. The van der Waals surface area contributed by atoms with Crippen LogP contribution < -0.4 is 0 Å². The van der Waals surface area contributed by atoms with Gasteiger partial charge in [0, 0.05) is 6.04 Å². The van der Waals surface area contributed by atoms with Crippen LogP contribution in [0.4, 0.5) is 0 Å². The predicted molar refractivity (Wildman–Crippen MR) is 71.3 cm³/mol. The van der Waals surface area contributed by atoms with Gasteiger partial charge >= 0.3 is 5.97 Å². The highest BCUT2D eigenvalue weighted by Gasteiger charge is 2.29. The molecular weight excluding hydrogens is 266 g/mol. The topological polar surface area (TPSA) is 77.2 Å². The summed E-state index contributed by atoms with van der Waals surface area (Å²) in [4.78, 5) is 10.7. The molecule has 2 atom stereocenters. The lowest BCUT2D eigenvalue weighted by atomic mass is 10.2. The third kappa shape index (κ3) is 3.27. The quantitative estimate of drug-likeness (QED) is 0.836. The van der Waals surface area contributed by atoms with Crippen molar-refractivity contribution >= 4 is 17.7 Å². The van der Waals surface area contributed by atoms with Crippen LogP contribution in [-0.4, -0.2) is 37.7 Å². The normalized spacial score (nSPS) is 23.2. The summed E-state index contributed by atoms with van der Waals surface area (Å²) in [6, 6.07) is 0.181. The number of carboxylic acid groups (broad SMARTS) is 1. The Hall–Kier alpha value is -1.08. The second-order valence-electron chi connectivity index (χ2n) is 5.00.